The highest BCUT2D eigenvalue weighted by molar-refractivity contribution is 7.12. The van der Waals surface area contributed by atoms with Crippen LogP contribution in [0.15, 0.2) is 35.7 Å². The van der Waals surface area contributed by atoms with Crippen molar-refractivity contribution in [1.82, 2.24) is 5.32 Å². The van der Waals surface area contributed by atoms with Gasteiger partial charge in [-0.2, -0.15) is 0 Å². The summed E-state index contributed by atoms with van der Waals surface area (Å²) in [5, 5.41) is 8.03. The Bertz CT molecular complexity index is 764. The van der Waals surface area contributed by atoms with Crippen LogP contribution in [-0.4, -0.2) is 24.4 Å². The van der Waals surface area contributed by atoms with Crippen LogP contribution in [-0.2, 0) is 0 Å². The molecule has 0 aliphatic heterocycles. The SMILES string of the molecule is NCC1CCCC1NC(=O)c1ccc(Cl)c(NC(=O)c2cccs2)c1. The topological polar surface area (TPSA) is 84.2 Å². The summed E-state index contributed by atoms with van der Waals surface area (Å²) in [5.41, 5.74) is 6.66. The zero-order valence-electron chi connectivity index (χ0n) is 13.6. The van der Waals surface area contributed by atoms with Gasteiger partial charge in [-0.3, -0.25) is 9.59 Å². The lowest BCUT2D eigenvalue weighted by molar-refractivity contribution is 0.0927. The molecule has 0 saturated heterocycles. The van der Waals surface area contributed by atoms with Gasteiger partial charge in [-0.1, -0.05) is 24.1 Å². The minimum atomic E-state index is -0.242. The van der Waals surface area contributed by atoms with Crippen molar-refractivity contribution in [3.8, 4) is 0 Å². The number of hydrogen-bond acceptors (Lipinski definition) is 4. The molecule has 132 valence electrons. The summed E-state index contributed by atoms with van der Waals surface area (Å²) in [4.78, 5) is 25.3. The number of amides is 2. The molecule has 2 aromatic rings. The van der Waals surface area contributed by atoms with Crippen molar-refractivity contribution >= 4 is 40.4 Å². The number of benzene rings is 1. The number of thiophene rings is 1. The molecule has 0 bridgehead atoms. The monoisotopic (exact) mass is 377 g/mol. The van der Waals surface area contributed by atoms with Crippen LogP contribution in [0.3, 0.4) is 0 Å². The largest absolute Gasteiger partial charge is 0.349 e. The average Bonchev–Trinajstić information content (AvgIpc) is 3.28. The summed E-state index contributed by atoms with van der Waals surface area (Å²) in [7, 11) is 0. The third-order valence-electron chi connectivity index (χ3n) is 4.50. The Morgan fingerprint density at radius 2 is 2.08 bits per heavy atom. The first-order valence-electron chi connectivity index (χ1n) is 8.24. The lowest BCUT2D eigenvalue weighted by Gasteiger charge is -2.19. The van der Waals surface area contributed by atoms with Crippen LogP contribution in [0.2, 0.25) is 5.02 Å². The van der Waals surface area contributed by atoms with Gasteiger partial charge in [0.1, 0.15) is 0 Å². The predicted molar refractivity (Wildman–Crippen MR) is 101 cm³/mol. The van der Waals surface area contributed by atoms with Crippen molar-refractivity contribution in [2.24, 2.45) is 11.7 Å². The standard InChI is InChI=1S/C18H20ClN3O2S/c19-13-7-6-11(17(23)21-14-4-1-3-12(14)10-20)9-15(13)22-18(24)16-5-2-8-25-16/h2,5-9,12,14H,1,3-4,10,20H2,(H,21,23)(H,22,24). The second kappa shape index (κ2) is 7.99. The first-order valence-corrected chi connectivity index (χ1v) is 9.49. The molecule has 1 aliphatic carbocycles. The maximum Gasteiger partial charge on any atom is 0.265 e. The second-order valence-electron chi connectivity index (χ2n) is 6.13. The van der Waals surface area contributed by atoms with Gasteiger partial charge in [0.05, 0.1) is 15.6 Å². The molecule has 7 heteroatoms. The normalized spacial score (nSPS) is 19.6. The molecule has 2 unspecified atom stereocenters. The zero-order chi connectivity index (χ0) is 17.8. The predicted octanol–water partition coefficient (Wildman–Crippen LogP) is 3.51. The van der Waals surface area contributed by atoms with E-state index in [2.05, 4.69) is 10.6 Å². The highest BCUT2D eigenvalue weighted by Crippen LogP contribution is 2.27. The van der Waals surface area contributed by atoms with Gasteiger partial charge in [0.2, 0.25) is 0 Å². The Labute approximate surface area is 155 Å². The Morgan fingerprint density at radius 3 is 2.80 bits per heavy atom. The van der Waals surface area contributed by atoms with Gasteiger partial charge >= 0.3 is 0 Å². The van der Waals surface area contributed by atoms with Crippen molar-refractivity contribution in [2.75, 3.05) is 11.9 Å². The van der Waals surface area contributed by atoms with Gasteiger partial charge in [-0.05, 0) is 54.9 Å². The van der Waals surface area contributed by atoms with Gasteiger partial charge in [0.25, 0.3) is 11.8 Å². The molecular formula is C18H20ClN3O2S. The van der Waals surface area contributed by atoms with Crippen LogP contribution >= 0.6 is 22.9 Å². The van der Waals surface area contributed by atoms with Crippen LogP contribution in [0.4, 0.5) is 5.69 Å². The van der Waals surface area contributed by atoms with Gasteiger partial charge in [-0.25, -0.2) is 0 Å². The molecule has 1 aromatic heterocycles. The fourth-order valence-corrected chi connectivity index (χ4v) is 3.90. The van der Waals surface area contributed by atoms with Crippen LogP contribution in [0.1, 0.15) is 39.3 Å². The third kappa shape index (κ3) is 4.21. The Balaban J connectivity index is 1.72. The van der Waals surface area contributed by atoms with Crippen molar-refractivity contribution in [1.29, 1.82) is 0 Å². The van der Waals surface area contributed by atoms with Gasteiger partial charge in [0, 0.05) is 11.6 Å². The summed E-state index contributed by atoms with van der Waals surface area (Å²) < 4.78 is 0. The average molecular weight is 378 g/mol. The van der Waals surface area contributed by atoms with Crippen molar-refractivity contribution in [3.63, 3.8) is 0 Å². The summed E-state index contributed by atoms with van der Waals surface area (Å²) >= 11 is 7.51. The van der Waals surface area contributed by atoms with Gasteiger partial charge in [-0.15, -0.1) is 11.3 Å². The Hall–Kier alpha value is -1.89. The molecule has 1 heterocycles. The summed E-state index contributed by atoms with van der Waals surface area (Å²) in [6.45, 7) is 0.577. The molecule has 1 saturated carbocycles. The van der Waals surface area contributed by atoms with E-state index >= 15 is 0 Å². The van der Waals surface area contributed by atoms with E-state index in [1.54, 1.807) is 30.3 Å². The molecule has 4 N–H and O–H groups in total. The van der Waals surface area contributed by atoms with Crippen LogP contribution in [0.5, 0.6) is 0 Å². The van der Waals surface area contributed by atoms with Crippen molar-refractivity contribution in [2.45, 2.75) is 25.3 Å². The smallest absolute Gasteiger partial charge is 0.265 e. The van der Waals surface area contributed by atoms with E-state index in [1.807, 2.05) is 5.38 Å². The van der Waals surface area contributed by atoms with Crippen LogP contribution < -0.4 is 16.4 Å². The van der Waals surface area contributed by atoms with Crippen LogP contribution in [0, 0.1) is 5.92 Å². The first kappa shape index (κ1) is 17.9. The number of carbonyl (C=O) groups is 2. The maximum atomic E-state index is 12.5. The number of nitrogens with two attached hydrogens (primary N) is 1. The van der Waals surface area contributed by atoms with Gasteiger partial charge in [0.15, 0.2) is 0 Å². The number of rotatable bonds is 5. The second-order valence-corrected chi connectivity index (χ2v) is 7.49. The highest BCUT2D eigenvalue weighted by atomic mass is 35.5. The Kier molecular flexibility index (Phi) is 5.73. The van der Waals surface area contributed by atoms with E-state index in [1.165, 1.54) is 11.3 Å². The zero-order valence-corrected chi connectivity index (χ0v) is 15.2. The van der Waals surface area contributed by atoms with Crippen molar-refractivity contribution in [3.05, 3.63) is 51.2 Å². The number of nitrogens with one attached hydrogen (secondary N) is 2. The lowest BCUT2D eigenvalue weighted by Crippen LogP contribution is -2.39. The quantitative estimate of drug-likeness (QED) is 0.745. The third-order valence-corrected chi connectivity index (χ3v) is 5.70. The molecule has 1 aromatic carbocycles. The molecule has 2 atom stereocenters. The molecule has 5 nitrogen and oxygen atoms in total. The fraction of sp³-hybridized carbons (Fsp3) is 0.333. The molecule has 1 fully saturated rings. The number of anilines is 1. The molecule has 0 spiro atoms. The van der Waals surface area contributed by atoms with E-state index in [9.17, 15) is 9.59 Å². The van der Waals surface area contributed by atoms with E-state index < -0.39 is 0 Å². The summed E-state index contributed by atoms with van der Waals surface area (Å²) in [6, 6.07) is 8.53. The first-order chi connectivity index (χ1) is 12.1. The van der Waals surface area contributed by atoms with Crippen molar-refractivity contribution < 1.29 is 9.59 Å². The number of hydrogen-bond donors (Lipinski definition) is 3. The maximum absolute atomic E-state index is 12.5. The molecule has 1 aliphatic rings. The van der Waals surface area contributed by atoms with E-state index in [4.69, 9.17) is 17.3 Å². The van der Waals surface area contributed by atoms with Crippen LogP contribution in [0.25, 0.3) is 0 Å². The Morgan fingerprint density at radius 1 is 1.24 bits per heavy atom. The van der Waals surface area contributed by atoms with E-state index in [-0.39, 0.29) is 17.9 Å². The minimum absolute atomic E-state index is 0.109. The van der Waals surface area contributed by atoms with E-state index in [0.29, 0.717) is 33.6 Å². The fourth-order valence-electron chi connectivity index (χ4n) is 3.11. The molecule has 25 heavy (non-hydrogen) atoms. The number of carbonyl (C=O) groups excluding carboxylic acids is 2. The molecule has 3 rings (SSSR count). The molecule has 2 amide bonds. The minimum Gasteiger partial charge on any atom is -0.349 e. The molecular weight excluding hydrogens is 358 g/mol. The van der Waals surface area contributed by atoms with E-state index in [0.717, 1.165) is 19.3 Å². The number of halogens is 1. The molecule has 0 radical (unpaired) electrons. The summed E-state index contributed by atoms with van der Waals surface area (Å²) in [6.07, 6.45) is 3.07. The van der Waals surface area contributed by atoms with Gasteiger partial charge < -0.3 is 16.4 Å². The lowest BCUT2D eigenvalue weighted by atomic mass is 10.0. The highest BCUT2D eigenvalue weighted by Gasteiger charge is 2.27. The summed E-state index contributed by atoms with van der Waals surface area (Å²) in [5.74, 6) is -0.0867.